The van der Waals surface area contributed by atoms with Gasteiger partial charge in [-0.3, -0.25) is 14.4 Å². The minimum absolute atomic E-state index is 0.0712. The number of para-hydroxylation sites is 2. The van der Waals surface area contributed by atoms with E-state index in [-0.39, 0.29) is 11.6 Å². The summed E-state index contributed by atoms with van der Waals surface area (Å²) >= 11 is 1.39. The summed E-state index contributed by atoms with van der Waals surface area (Å²) in [4.78, 5) is 40.2. The van der Waals surface area contributed by atoms with Crippen molar-refractivity contribution in [3.8, 4) is 11.5 Å². The molecule has 1 unspecified atom stereocenters. The predicted molar refractivity (Wildman–Crippen MR) is 191 cm³/mol. The molecule has 1 atom stereocenters. The van der Waals surface area contributed by atoms with E-state index >= 15 is 0 Å². The zero-order valence-corrected chi connectivity index (χ0v) is 27.3. The molecule has 0 spiro atoms. The van der Waals surface area contributed by atoms with Crippen molar-refractivity contribution in [2.45, 2.75) is 23.7 Å². The van der Waals surface area contributed by atoms with Crippen LogP contribution in [0.5, 0.6) is 11.5 Å². The van der Waals surface area contributed by atoms with Gasteiger partial charge in [-0.1, -0.05) is 72.8 Å². The number of hydrogen-bond acceptors (Lipinski definition) is 6. The second-order valence-electron chi connectivity index (χ2n) is 10.6. The van der Waals surface area contributed by atoms with Gasteiger partial charge in [0.25, 0.3) is 11.8 Å². The monoisotopic (exact) mass is 657 g/mol. The van der Waals surface area contributed by atoms with Crippen LogP contribution in [0.1, 0.15) is 28.4 Å². The van der Waals surface area contributed by atoms with Crippen molar-refractivity contribution in [2.75, 3.05) is 17.7 Å². The molecule has 3 N–H and O–H groups in total. The Kier molecular flexibility index (Phi) is 11.7. The summed E-state index contributed by atoms with van der Waals surface area (Å²) in [5, 5.41) is 8.14. The highest BCUT2D eigenvalue weighted by molar-refractivity contribution is 8.00. The summed E-state index contributed by atoms with van der Waals surface area (Å²) in [7, 11) is 1.56. The number of hydrogen-bond donors (Lipinski definition) is 3. The van der Waals surface area contributed by atoms with Crippen molar-refractivity contribution >= 4 is 46.9 Å². The van der Waals surface area contributed by atoms with E-state index in [1.165, 1.54) is 11.8 Å². The van der Waals surface area contributed by atoms with Gasteiger partial charge in [-0.2, -0.15) is 0 Å². The highest BCUT2D eigenvalue weighted by Gasteiger charge is 2.18. The molecule has 5 aromatic rings. The number of thioether (sulfide) groups is 1. The molecule has 242 valence electrons. The lowest BCUT2D eigenvalue weighted by Crippen LogP contribution is -2.30. The van der Waals surface area contributed by atoms with Crippen LogP contribution in [0.15, 0.2) is 144 Å². The molecule has 0 aromatic heterocycles. The number of carbonyl (C=O) groups excluding carboxylic acids is 3. The van der Waals surface area contributed by atoms with Gasteiger partial charge in [0.05, 0.1) is 18.0 Å². The van der Waals surface area contributed by atoms with Gasteiger partial charge in [0, 0.05) is 16.1 Å². The first-order valence-electron chi connectivity index (χ1n) is 15.2. The molecular formula is C39H35N3O5S. The number of anilines is 2. The summed E-state index contributed by atoms with van der Waals surface area (Å²) in [6.45, 7) is 2.25. The lowest BCUT2D eigenvalue weighted by atomic mass is 10.1. The molecule has 5 rings (SSSR count). The summed E-state index contributed by atoms with van der Waals surface area (Å²) < 4.78 is 11.2. The molecule has 0 aliphatic rings. The number of ether oxygens (including phenoxy) is 2. The summed E-state index contributed by atoms with van der Waals surface area (Å²) in [5.41, 5.74) is 3.38. The number of methoxy groups -OCH3 is 1. The molecule has 0 saturated carbocycles. The van der Waals surface area contributed by atoms with Gasteiger partial charge in [0.2, 0.25) is 5.91 Å². The first-order valence-corrected chi connectivity index (χ1v) is 16.1. The van der Waals surface area contributed by atoms with E-state index in [0.29, 0.717) is 40.6 Å². The van der Waals surface area contributed by atoms with Crippen LogP contribution in [0.25, 0.3) is 6.08 Å². The van der Waals surface area contributed by atoms with Gasteiger partial charge < -0.3 is 25.4 Å². The molecule has 48 heavy (non-hydrogen) atoms. The van der Waals surface area contributed by atoms with Crippen LogP contribution < -0.4 is 25.4 Å². The zero-order chi connectivity index (χ0) is 33.7. The summed E-state index contributed by atoms with van der Waals surface area (Å²) in [6, 6.07) is 40.2. The molecule has 0 aliphatic heterocycles. The minimum Gasteiger partial charge on any atom is -0.495 e. The highest BCUT2D eigenvalue weighted by atomic mass is 32.2. The second kappa shape index (κ2) is 16.7. The first kappa shape index (κ1) is 33.6. The van der Waals surface area contributed by atoms with E-state index < -0.39 is 17.1 Å². The van der Waals surface area contributed by atoms with E-state index in [4.69, 9.17) is 9.47 Å². The van der Waals surface area contributed by atoms with Crippen molar-refractivity contribution in [3.05, 3.63) is 156 Å². The van der Waals surface area contributed by atoms with Crippen molar-refractivity contribution in [1.82, 2.24) is 5.32 Å². The minimum atomic E-state index is -0.492. The Morgan fingerprint density at radius 1 is 0.750 bits per heavy atom. The van der Waals surface area contributed by atoms with Crippen LogP contribution in [0, 0.1) is 0 Å². The Hall–Kier alpha value is -5.80. The fraction of sp³-hybridized carbons (Fsp3) is 0.103. The summed E-state index contributed by atoms with van der Waals surface area (Å²) in [6.07, 6.45) is 1.61. The topological polar surface area (TPSA) is 106 Å². The van der Waals surface area contributed by atoms with Gasteiger partial charge in [-0.25, -0.2) is 0 Å². The quantitative estimate of drug-likeness (QED) is 0.0882. The van der Waals surface area contributed by atoms with Crippen molar-refractivity contribution in [2.24, 2.45) is 0 Å². The van der Waals surface area contributed by atoms with Gasteiger partial charge >= 0.3 is 0 Å². The van der Waals surface area contributed by atoms with Crippen LogP contribution in [-0.4, -0.2) is 30.1 Å². The maximum Gasteiger partial charge on any atom is 0.272 e. The molecule has 5 aromatic carbocycles. The third-order valence-electron chi connectivity index (χ3n) is 7.13. The highest BCUT2D eigenvalue weighted by Crippen LogP contribution is 2.28. The first-order chi connectivity index (χ1) is 23.4. The maximum absolute atomic E-state index is 13.5. The van der Waals surface area contributed by atoms with Gasteiger partial charge in [-0.15, -0.1) is 11.8 Å². The fourth-order valence-electron chi connectivity index (χ4n) is 4.57. The van der Waals surface area contributed by atoms with Gasteiger partial charge in [-0.05, 0) is 84.8 Å². The van der Waals surface area contributed by atoms with E-state index in [2.05, 4.69) is 16.0 Å². The Morgan fingerprint density at radius 3 is 2.08 bits per heavy atom. The Balaban J connectivity index is 1.25. The van der Waals surface area contributed by atoms with Crippen molar-refractivity contribution < 1.29 is 23.9 Å². The SMILES string of the molecule is COc1ccccc1NC(=O)C(C)Sc1ccc(NC(=O)/C(=C/c2ccc(OCc3ccccc3)cc2)NC(=O)c2ccccc2)cc1. The summed E-state index contributed by atoms with van der Waals surface area (Å²) in [5.74, 6) is 0.198. The number of benzene rings is 5. The third-order valence-corrected chi connectivity index (χ3v) is 8.24. The van der Waals surface area contributed by atoms with Gasteiger partial charge in [0.15, 0.2) is 0 Å². The Labute approximate surface area is 284 Å². The molecule has 0 bridgehead atoms. The van der Waals surface area contributed by atoms with Crippen LogP contribution >= 0.6 is 11.8 Å². The molecule has 0 fully saturated rings. The number of rotatable bonds is 13. The third kappa shape index (κ3) is 9.60. The molecule has 0 saturated heterocycles. The van der Waals surface area contributed by atoms with Crippen molar-refractivity contribution in [3.63, 3.8) is 0 Å². The van der Waals surface area contributed by atoms with E-state index in [9.17, 15) is 14.4 Å². The number of amides is 3. The van der Waals surface area contributed by atoms with Crippen LogP contribution in [0.4, 0.5) is 11.4 Å². The van der Waals surface area contributed by atoms with Crippen LogP contribution in [0.2, 0.25) is 0 Å². The lowest BCUT2D eigenvalue weighted by molar-refractivity contribution is -0.115. The number of carbonyl (C=O) groups is 3. The Morgan fingerprint density at radius 2 is 1.40 bits per heavy atom. The average Bonchev–Trinajstić information content (AvgIpc) is 3.12. The fourth-order valence-corrected chi connectivity index (χ4v) is 5.43. The molecule has 8 nitrogen and oxygen atoms in total. The Bertz CT molecular complexity index is 1860. The van der Waals surface area contributed by atoms with Crippen LogP contribution in [-0.2, 0) is 16.2 Å². The maximum atomic E-state index is 13.5. The average molecular weight is 658 g/mol. The van der Waals surface area contributed by atoms with E-state index in [1.807, 2.05) is 91.9 Å². The lowest BCUT2D eigenvalue weighted by Gasteiger charge is -2.15. The van der Waals surface area contributed by atoms with E-state index in [1.54, 1.807) is 61.7 Å². The molecule has 0 aliphatic carbocycles. The van der Waals surface area contributed by atoms with Crippen molar-refractivity contribution in [1.29, 1.82) is 0 Å². The molecule has 3 amide bonds. The normalized spacial score (nSPS) is 11.6. The zero-order valence-electron chi connectivity index (χ0n) is 26.5. The predicted octanol–water partition coefficient (Wildman–Crippen LogP) is 7.80. The van der Waals surface area contributed by atoms with E-state index in [0.717, 1.165) is 10.5 Å². The van der Waals surface area contributed by atoms with Crippen LogP contribution in [0.3, 0.4) is 0 Å². The molecule has 0 heterocycles. The smallest absolute Gasteiger partial charge is 0.272 e. The number of nitrogens with one attached hydrogen (secondary N) is 3. The van der Waals surface area contributed by atoms with Gasteiger partial charge in [0.1, 0.15) is 23.8 Å². The second-order valence-corrected chi connectivity index (χ2v) is 12.1. The largest absolute Gasteiger partial charge is 0.495 e. The molecular weight excluding hydrogens is 623 g/mol. The molecule has 0 radical (unpaired) electrons. The molecule has 9 heteroatoms. The standard InChI is InChI=1S/C39H35N3O5S/c1-27(37(43)41-34-15-9-10-16-36(34)46-2)48-33-23-19-31(20-24-33)40-39(45)35(42-38(44)30-13-7-4-8-14-30)25-28-17-21-32(22-18-28)47-26-29-11-5-3-6-12-29/h3-25,27H,26H2,1-2H3,(H,40,45)(H,41,43)(H,42,44)/b35-25-.